The smallest absolute Gasteiger partial charge is 0.355 e. The van der Waals surface area contributed by atoms with E-state index in [1.54, 1.807) is 9.80 Å². The monoisotopic (exact) mass is 636 g/mol. The van der Waals surface area contributed by atoms with E-state index in [-0.39, 0.29) is 64.7 Å². The van der Waals surface area contributed by atoms with Crippen molar-refractivity contribution in [2.75, 3.05) is 24.5 Å². The van der Waals surface area contributed by atoms with Gasteiger partial charge in [-0.3, -0.25) is 9.78 Å². The van der Waals surface area contributed by atoms with E-state index in [1.807, 2.05) is 6.92 Å². The summed E-state index contributed by atoms with van der Waals surface area (Å²) < 4.78 is 59.4. The van der Waals surface area contributed by atoms with E-state index in [2.05, 4.69) is 21.5 Å². The maximum absolute atomic E-state index is 15.9. The molecule has 0 bridgehead atoms. The Hall–Kier alpha value is -4.72. The molecule has 11 nitrogen and oxygen atoms in total. The highest BCUT2D eigenvalue weighted by Gasteiger charge is 2.37. The summed E-state index contributed by atoms with van der Waals surface area (Å²) in [7, 11) is -3.91. The van der Waals surface area contributed by atoms with Crippen LogP contribution in [0.1, 0.15) is 31.9 Å². The number of piperazine rings is 1. The number of hydrogen-bond donors (Lipinski definition) is 1. The number of rotatable bonds is 6. The van der Waals surface area contributed by atoms with E-state index >= 15 is 8.78 Å². The van der Waals surface area contributed by atoms with Crippen molar-refractivity contribution in [2.45, 2.75) is 49.3 Å². The molecule has 1 saturated carbocycles. The minimum atomic E-state index is -3.91. The van der Waals surface area contributed by atoms with Crippen LogP contribution >= 0.6 is 0 Å². The largest absolute Gasteiger partial charge is 0.507 e. The predicted octanol–water partition coefficient (Wildman–Crippen LogP) is 3.68. The fourth-order valence-electron chi connectivity index (χ4n) is 5.95. The van der Waals surface area contributed by atoms with Crippen LogP contribution in [0.25, 0.3) is 28.0 Å². The van der Waals surface area contributed by atoms with Crippen LogP contribution in [-0.4, -0.2) is 74.8 Å². The molecule has 1 atom stereocenters. The first-order valence-electron chi connectivity index (χ1n) is 14.4. The fraction of sp³-hybridized carbons (Fsp3) is 0.323. The van der Waals surface area contributed by atoms with Crippen molar-refractivity contribution >= 4 is 32.6 Å². The molecular weight excluding hydrogens is 606 g/mol. The number of aryl methyl sites for hydroxylation is 1. The second-order valence-electron chi connectivity index (χ2n) is 11.2. The number of aromatic nitrogens is 4. The van der Waals surface area contributed by atoms with E-state index in [0.29, 0.717) is 12.8 Å². The minimum absolute atomic E-state index is 0.0391. The van der Waals surface area contributed by atoms with E-state index < -0.39 is 49.4 Å². The van der Waals surface area contributed by atoms with Gasteiger partial charge in [-0.2, -0.15) is 4.98 Å². The Bertz CT molecular complexity index is 2030. The molecule has 1 N–H and O–H groups in total. The first kappa shape index (κ1) is 30.3. The fourth-order valence-corrected chi connectivity index (χ4v) is 8.02. The molecule has 1 aliphatic carbocycles. The van der Waals surface area contributed by atoms with Crippen LogP contribution < -0.4 is 10.6 Å². The molecule has 234 valence electrons. The molecule has 3 aromatic heterocycles. The van der Waals surface area contributed by atoms with Crippen molar-refractivity contribution in [1.82, 2.24) is 24.4 Å². The molecule has 1 amide bonds. The van der Waals surface area contributed by atoms with E-state index in [4.69, 9.17) is 0 Å². The average Bonchev–Trinajstić information content (AvgIpc) is 2.96. The zero-order chi connectivity index (χ0) is 32.2. The number of hydrogen-bond acceptors (Lipinski definition) is 9. The predicted molar refractivity (Wildman–Crippen MR) is 163 cm³/mol. The summed E-state index contributed by atoms with van der Waals surface area (Å²) in [6, 6.07) is 5.44. The number of phenols is 1. The number of amides is 1. The lowest BCUT2D eigenvalue weighted by molar-refractivity contribution is -0.126. The number of pyridine rings is 2. The van der Waals surface area contributed by atoms with Gasteiger partial charge in [0.25, 0.3) is 0 Å². The molecule has 4 aromatic rings. The van der Waals surface area contributed by atoms with Gasteiger partial charge in [-0.15, -0.1) is 0 Å². The van der Waals surface area contributed by atoms with Gasteiger partial charge in [0, 0.05) is 31.9 Å². The van der Waals surface area contributed by atoms with Crippen LogP contribution in [0.2, 0.25) is 0 Å². The summed E-state index contributed by atoms with van der Waals surface area (Å²) in [6.07, 6.45) is 4.23. The summed E-state index contributed by atoms with van der Waals surface area (Å²) in [5.41, 5.74) is -2.14. The zero-order valence-corrected chi connectivity index (χ0v) is 25.4. The van der Waals surface area contributed by atoms with Crippen molar-refractivity contribution in [2.24, 2.45) is 0 Å². The molecule has 1 aromatic carbocycles. The highest BCUT2D eigenvalue weighted by atomic mass is 32.2. The third kappa shape index (κ3) is 5.02. The highest BCUT2D eigenvalue weighted by molar-refractivity contribution is 7.92. The van der Waals surface area contributed by atoms with Gasteiger partial charge in [0.15, 0.2) is 21.3 Å². The van der Waals surface area contributed by atoms with Crippen LogP contribution in [0.5, 0.6) is 5.75 Å². The number of fused-ring (bicyclic) bond motifs is 1. The number of halogens is 2. The quantitative estimate of drug-likeness (QED) is 0.314. The Balaban J connectivity index is 1.66. The van der Waals surface area contributed by atoms with Crippen LogP contribution in [0, 0.1) is 18.6 Å². The Kier molecular flexibility index (Phi) is 7.63. The van der Waals surface area contributed by atoms with Crippen molar-refractivity contribution in [3.8, 4) is 22.7 Å². The van der Waals surface area contributed by atoms with E-state index in [1.165, 1.54) is 37.4 Å². The number of sulfone groups is 1. The number of anilines is 1. The molecule has 2 fully saturated rings. The van der Waals surface area contributed by atoms with E-state index in [9.17, 15) is 23.1 Å². The van der Waals surface area contributed by atoms with Crippen LogP contribution in [0.3, 0.4) is 0 Å². The maximum Gasteiger partial charge on any atom is 0.355 e. The number of nitrogens with zero attached hydrogens (tertiary/aromatic N) is 6. The number of phenolic OH excluding ortho intramolecular Hbond substituents is 1. The van der Waals surface area contributed by atoms with Crippen molar-refractivity contribution < 1.29 is 27.1 Å². The van der Waals surface area contributed by atoms with Gasteiger partial charge in [0.1, 0.15) is 23.1 Å². The average molecular weight is 637 g/mol. The summed E-state index contributed by atoms with van der Waals surface area (Å²) >= 11 is 0. The molecule has 14 heteroatoms. The molecule has 4 heterocycles. The second kappa shape index (κ2) is 11.3. The molecule has 6 rings (SSSR count). The molecule has 2 aliphatic rings. The summed E-state index contributed by atoms with van der Waals surface area (Å²) in [4.78, 5) is 42.5. The maximum atomic E-state index is 15.9. The summed E-state index contributed by atoms with van der Waals surface area (Å²) in [6.45, 7) is 7.64. The van der Waals surface area contributed by atoms with Gasteiger partial charge < -0.3 is 14.9 Å². The first-order chi connectivity index (χ1) is 21.4. The third-order valence-corrected chi connectivity index (χ3v) is 10.8. The Morgan fingerprint density at radius 1 is 1.13 bits per heavy atom. The van der Waals surface area contributed by atoms with Gasteiger partial charge >= 0.3 is 5.69 Å². The Morgan fingerprint density at radius 3 is 2.53 bits per heavy atom. The molecule has 45 heavy (non-hydrogen) atoms. The zero-order valence-electron chi connectivity index (χ0n) is 24.6. The SMILES string of the molecule is C=CC(=O)N1CCN(c2nc(=O)n(-c3c(S(=O)(=O)C4CCC4)ccnc3C)c3nc(-c4c(O)cccc4F)c(F)cc23)[C@@H](C)C1. The standard InChI is InChI=1S/C31H30F2N6O5S/c1-4-25(41)37-13-14-38(17(2)16-37)29-20-15-22(33)27(26-21(32)9-6-10-23(26)40)35-30(20)39(31(42)36-29)28-18(3)34-12-11-24(28)45(43,44)19-7-5-8-19/h4,6,9-12,15,17,19,40H,1,5,7-8,13-14,16H2,2-3H3/t17-/m0/s1. The van der Waals surface area contributed by atoms with Gasteiger partial charge in [-0.1, -0.05) is 19.1 Å². The Labute approximate surface area is 257 Å². The lowest BCUT2D eigenvalue weighted by Crippen LogP contribution is -2.54. The van der Waals surface area contributed by atoms with Gasteiger partial charge in [-0.05, 0) is 57.0 Å². The lowest BCUT2D eigenvalue weighted by atomic mass is 10.00. The van der Waals surface area contributed by atoms with Crippen LogP contribution in [-0.2, 0) is 14.6 Å². The summed E-state index contributed by atoms with van der Waals surface area (Å²) in [5, 5.41) is 9.89. The summed E-state index contributed by atoms with van der Waals surface area (Å²) in [5.74, 6) is -2.73. The van der Waals surface area contributed by atoms with Crippen molar-refractivity contribution in [3.63, 3.8) is 0 Å². The topological polar surface area (TPSA) is 139 Å². The number of carbonyl (C=O) groups excluding carboxylic acids is 1. The third-order valence-electron chi connectivity index (χ3n) is 8.51. The number of benzene rings is 1. The minimum Gasteiger partial charge on any atom is -0.507 e. The molecule has 0 radical (unpaired) electrons. The van der Waals surface area contributed by atoms with Gasteiger partial charge in [-0.25, -0.2) is 31.5 Å². The van der Waals surface area contributed by atoms with Gasteiger partial charge in [0.2, 0.25) is 5.91 Å². The number of carbonyl (C=O) groups is 1. The lowest BCUT2D eigenvalue weighted by Gasteiger charge is -2.40. The van der Waals surface area contributed by atoms with Gasteiger partial charge in [0.05, 0.1) is 32.5 Å². The number of aromatic hydroxyl groups is 1. The van der Waals surface area contributed by atoms with E-state index in [0.717, 1.165) is 23.1 Å². The molecular formula is C31H30F2N6O5S. The van der Waals surface area contributed by atoms with Crippen molar-refractivity contribution in [1.29, 1.82) is 0 Å². The first-order valence-corrected chi connectivity index (χ1v) is 16.0. The highest BCUT2D eigenvalue weighted by Crippen LogP contribution is 2.38. The van der Waals surface area contributed by atoms with Crippen LogP contribution in [0.4, 0.5) is 14.6 Å². The normalized spacial score (nSPS) is 17.4. The molecule has 0 spiro atoms. The molecule has 1 saturated heterocycles. The Morgan fingerprint density at radius 2 is 1.89 bits per heavy atom. The van der Waals surface area contributed by atoms with Crippen LogP contribution in [0.15, 0.2) is 58.9 Å². The molecule has 1 aliphatic heterocycles. The van der Waals surface area contributed by atoms with Crippen molar-refractivity contribution in [3.05, 3.63) is 77.0 Å². The second-order valence-corrected chi connectivity index (χ2v) is 13.4. The molecule has 0 unspecified atom stereocenters.